The first-order chi connectivity index (χ1) is 9.24. The molecule has 0 fully saturated rings. The van der Waals surface area contributed by atoms with Crippen LogP contribution in [0.25, 0.3) is 0 Å². The topological polar surface area (TPSA) is 75.4 Å². The van der Waals surface area contributed by atoms with Crippen molar-refractivity contribution < 1.29 is 12.8 Å². The predicted octanol–water partition coefficient (Wildman–Crippen LogP) is 1.34. The van der Waals surface area contributed by atoms with E-state index in [1.54, 1.807) is 0 Å². The molecule has 0 heterocycles. The fraction of sp³-hybridized carbons (Fsp3) is 0.538. The summed E-state index contributed by atoms with van der Waals surface area (Å²) in [6.45, 7) is 2.75. The molecule has 0 unspecified atom stereocenters. The van der Waals surface area contributed by atoms with Crippen LogP contribution < -0.4 is 10.5 Å². The number of nitrogens with zero attached hydrogens (tertiary/aromatic N) is 1. The van der Waals surface area contributed by atoms with Crippen LogP contribution in [0.2, 0.25) is 0 Å². The number of aryl methyl sites for hydroxylation is 1. The smallest absolute Gasteiger partial charge is 0.240 e. The zero-order valence-corrected chi connectivity index (χ0v) is 12.9. The van der Waals surface area contributed by atoms with Gasteiger partial charge in [0, 0.05) is 6.54 Å². The molecule has 3 N–H and O–H groups in total. The molecule has 0 atom stereocenters. The van der Waals surface area contributed by atoms with Crippen LogP contribution in [0.5, 0.6) is 0 Å². The Morgan fingerprint density at radius 3 is 2.50 bits per heavy atom. The zero-order chi connectivity index (χ0) is 15.3. The van der Waals surface area contributed by atoms with E-state index in [0.29, 0.717) is 6.54 Å². The molecular weight excluding hydrogens is 281 g/mol. The first-order valence-electron chi connectivity index (χ1n) is 6.44. The van der Waals surface area contributed by atoms with E-state index < -0.39 is 15.8 Å². The SMILES string of the molecule is Cc1cc(S(=O)(=O)NCCCCN(C)C)cc(N)c1F. The van der Waals surface area contributed by atoms with Gasteiger partial charge in [0.2, 0.25) is 10.0 Å². The van der Waals surface area contributed by atoms with Gasteiger partial charge in [0.1, 0.15) is 5.82 Å². The molecule has 0 aliphatic rings. The molecule has 0 radical (unpaired) electrons. The Bertz CT molecular complexity index is 536. The number of nitrogen functional groups attached to an aromatic ring is 1. The standard InChI is InChI=1S/C13H22FN3O2S/c1-10-8-11(9-12(15)13(10)14)20(18,19)16-6-4-5-7-17(2)3/h8-9,16H,4-7,15H2,1-3H3. The first-order valence-corrected chi connectivity index (χ1v) is 7.92. The Hall–Kier alpha value is -1.18. The summed E-state index contributed by atoms with van der Waals surface area (Å²) in [4.78, 5) is 2.04. The Morgan fingerprint density at radius 2 is 1.95 bits per heavy atom. The lowest BCUT2D eigenvalue weighted by Crippen LogP contribution is -2.26. The van der Waals surface area contributed by atoms with Crippen molar-refractivity contribution in [3.8, 4) is 0 Å². The largest absolute Gasteiger partial charge is 0.396 e. The van der Waals surface area contributed by atoms with Crippen molar-refractivity contribution >= 4 is 15.7 Å². The van der Waals surface area contributed by atoms with Crippen LogP contribution in [0.15, 0.2) is 17.0 Å². The molecule has 114 valence electrons. The molecule has 0 bridgehead atoms. The number of nitrogens with one attached hydrogen (secondary N) is 1. The number of nitrogens with two attached hydrogens (primary N) is 1. The first kappa shape index (κ1) is 16.9. The normalized spacial score (nSPS) is 12.1. The van der Waals surface area contributed by atoms with E-state index >= 15 is 0 Å². The number of halogens is 1. The average molecular weight is 303 g/mol. The number of hydrogen-bond acceptors (Lipinski definition) is 4. The van der Waals surface area contributed by atoms with Crippen LogP contribution in [0.4, 0.5) is 10.1 Å². The molecule has 1 aromatic carbocycles. The van der Waals surface area contributed by atoms with Gasteiger partial charge in [-0.15, -0.1) is 0 Å². The number of benzene rings is 1. The molecule has 0 spiro atoms. The van der Waals surface area contributed by atoms with Gasteiger partial charge >= 0.3 is 0 Å². The fourth-order valence-electron chi connectivity index (χ4n) is 1.76. The maximum absolute atomic E-state index is 13.4. The van der Waals surface area contributed by atoms with Gasteiger partial charge in [-0.2, -0.15) is 0 Å². The summed E-state index contributed by atoms with van der Waals surface area (Å²) in [5, 5.41) is 0. The third kappa shape index (κ3) is 4.73. The second-order valence-corrected chi connectivity index (χ2v) is 6.82. The number of unbranched alkanes of at least 4 members (excludes halogenated alkanes) is 1. The maximum atomic E-state index is 13.4. The molecule has 0 aliphatic carbocycles. The van der Waals surface area contributed by atoms with E-state index in [1.807, 2.05) is 19.0 Å². The Kier molecular flexibility index (Phi) is 5.91. The van der Waals surface area contributed by atoms with E-state index in [2.05, 4.69) is 4.72 Å². The highest BCUT2D eigenvalue weighted by molar-refractivity contribution is 7.89. The van der Waals surface area contributed by atoms with Gasteiger partial charge in [0.15, 0.2) is 0 Å². The quantitative estimate of drug-likeness (QED) is 0.589. The van der Waals surface area contributed by atoms with Crippen molar-refractivity contribution in [3.63, 3.8) is 0 Å². The number of hydrogen-bond donors (Lipinski definition) is 2. The third-order valence-electron chi connectivity index (χ3n) is 2.89. The van der Waals surface area contributed by atoms with Gasteiger partial charge in [-0.25, -0.2) is 17.5 Å². The average Bonchev–Trinajstić information content (AvgIpc) is 2.34. The van der Waals surface area contributed by atoms with E-state index in [9.17, 15) is 12.8 Å². The third-order valence-corrected chi connectivity index (χ3v) is 4.33. The van der Waals surface area contributed by atoms with E-state index in [0.717, 1.165) is 25.5 Å². The van der Waals surface area contributed by atoms with Crippen molar-refractivity contribution in [2.45, 2.75) is 24.7 Å². The van der Waals surface area contributed by atoms with Crippen LogP contribution >= 0.6 is 0 Å². The summed E-state index contributed by atoms with van der Waals surface area (Å²) in [7, 11) is 0.300. The van der Waals surface area contributed by atoms with Gasteiger partial charge in [-0.1, -0.05) is 0 Å². The van der Waals surface area contributed by atoms with E-state index in [1.165, 1.54) is 13.0 Å². The van der Waals surface area contributed by atoms with Crippen molar-refractivity contribution in [2.24, 2.45) is 0 Å². The zero-order valence-electron chi connectivity index (χ0n) is 12.1. The predicted molar refractivity (Wildman–Crippen MR) is 78.5 cm³/mol. The molecule has 5 nitrogen and oxygen atoms in total. The summed E-state index contributed by atoms with van der Waals surface area (Å²) in [6.07, 6.45) is 1.65. The van der Waals surface area contributed by atoms with Crippen molar-refractivity contribution in [1.82, 2.24) is 9.62 Å². The van der Waals surface area contributed by atoms with Gasteiger partial charge in [-0.05, 0) is 58.1 Å². The molecule has 0 saturated heterocycles. The molecule has 1 aromatic rings. The molecular formula is C13H22FN3O2S. The van der Waals surface area contributed by atoms with Crippen molar-refractivity contribution in [3.05, 3.63) is 23.5 Å². The lowest BCUT2D eigenvalue weighted by molar-refractivity contribution is 0.394. The molecule has 0 saturated carbocycles. The van der Waals surface area contributed by atoms with Crippen LogP contribution in [-0.2, 0) is 10.0 Å². The van der Waals surface area contributed by atoms with E-state index in [4.69, 9.17) is 5.73 Å². The number of anilines is 1. The highest BCUT2D eigenvalue weighted by atomic mass is 32.2. The van der Waals surface area contributed by atoms with Crippen molar-refractivity contribution in [1.29, 1.82) is 0 Å². The van der Waals surface area contributed by atoms with Gasteiger partial charge < -0.3 is 10.6 Å². The Morgan fingerprint density at radius 1 is 1.30 bits per heavy atom. The number of rotatable bonds is 7. The van der Waals surface area contributed by atoms with E-state index in [-0.39, 0.29) is 16.1 Å². The second kappa shape index (κ2) is 7.01. The molecule has 20 heavy (non-hydrogen) atoms. The lowest BCUT2D eigenvalue weighted by Gasteiger charge is -2.11. The molecule has 0 aromatic heterocycles. The fourth-order valence-corrected chi connectivity index (χ4v) is 2.95. The number of sulfonamides is 1. The minimum atomic E-state index is -3.63. The van der Waals surface area contributed by atoms with Crippen molar-refractivity contribution in [2.75, 3.05) is 32.9 Å². The summed E-state index contributed by atoms with van der Waals surface area (Å²) >= 11 is 0. The molecule has 1 rings (SSSR count). The highest BCUT2D eigenvalue weighted by Gasteiger charge is 2.16. The molecule has 0 aliphatic heterocycles. The summed E-state index contributed by atoms with van der Waals surface area (Å²) in [5.74, 6) is -0.574. The summed E-state index contributed by atoms with van der Waals surface area (Å²) in [5.41, 5.74) is 5.52. The summed E-state index contributed by atoms with van der Waals surface area (Å²) < 4.78 is 40.0. The van der Waals surface area contributed by atoms with Crippen LogP contribution in [0.1, 0.15) is 18.4 Å². The molecule has 7 heteroatoms. The second-order valence-electron chi connectivity index (χ2n) is 5.05. The van der Waals surface area contributed by atoms with Gasteiger partial charge in [0.05, 0.1) is 10.6 Å². The Labute approximate surface area is 120 Å². The minimum absolute atomic E-state index is 0.00140. The highest BCUT2D eigenvalue weighted by Crippen LogP contribution is 2.20. The minimum Gasteiger partial charge on any atom is -0.396 e. The monoisotopic (exact) mass is 303 g/mol. The van der Waals surface area contributed by atoms with Gasteiger partial charge in [-0.3, -0.25) is 0 Å². The van der Waals surface area contributed by atoms with Crippen LogP contribution in [0, 0.1) is 12.7 Å². The van der Waals surface area contributed by atoms with Gasteiger partial charge in [0.25, 0.3) is 0 Å². The Balaban J connectivity index is 2.65. The van der Waals surface area contributed by atoms with Crippen LogP contribution in [0.3, 0.4) is 0 Å². The molecule has 0 amide bonds. The van der Waals surface area contributed by atoms with Crippen LogP contribution in [-0.4, -0.2) is 40.5 Å². The lowest BCUT2D eigenvalue weighted by atomic mass is 10.2. The summed E-state index contributed by atoms with van der Waals surface area (Å²) in [6, 6.07) is 2.43. The maximum Gasteiger partial charge on any atom is 0.240 e.